The predicted octanol–water partition coefficient (Wildman–Crippen LogP) is 0.0979. The van der Waals surface area contributed by atoms with Crippen molar-refractivity contribution in [3.05, 3.63) is 23.3 Å². The molecule has 1 unspecified atom stereocenters. The van der Waals surface area contributed by atoms with Gasteiger partial charge in [-0.05, 0) is 14.0 Å². The van der Waals surface area contributed by atoms with Crippen LogP contribution < -0.4 is 5.32 Å². The molecule has 5 nitrogen and oxygen atoms in total. The van der Waals surface area contributed by atoms with Crippen LogP contribution in [0.15, 0.2) is 6.20 Å². The molecule has 0 amide bonds. The summed E-state index contributed by atoms with van der Waals surface area (Å²) in [7, 11) is -1.03. The molecule has 0 saturated carbocycles. The van der Waals surface area contributed by atoms with Crippen molar-refractivity contribution in [3.8, 4) is 0 Å². The molecule has 0 bridgehead atoms. The molecule has 0 aromatic carbocycles. The summed E-state index contributed by atoms with van der Waals surface area (Å²) in [5.41, 5.74) is 1.66. The predicted molar refractivity (Wildman–Crippen MR) is 65.5 cm³/mol. The van der Waals surface area contributed by atoms with Gasteiger partial charge >= 0.3 is 0 Å². The van der Waals surface area contributed by atoms with E-state index in [0.29, 0.717) is 12.5 Å². The summed E-state index contributed by atoms with van der Waals surface area (Å²) >= 11 is 0. The van der Waals surface area contributed by atoms with E-state index in [9.17, 15) is 8.42 Å². The minimum atomic E-state index is -2.93. The Labute approximate surface area is 102 Å². The van der Waals surface area contributed by atoms with E-state index in [1.807, 2.05) is 7.05 Å². The molecular formula is C11H17N3O2S. The van der Waals surface area contributed by atoms with Crippen LogP contribution in [0.3, 0.4) is 0 Å². The Kier molecular flexibility index (Phi) is 3.44. The normalized spacial score (nSPS) is 19.6. The third kappa shape index (κ3) is 3.01. The number of aryl methyl sites for hydroxylation is 1. The molecule has 0 radical (unpaired) electrons. The number of hydrogen-bond donors (Lipinski definition) is 1. The van der Waals surface area contributed by atoms with Crippen molar-refractivity contribution >= 4 is 9.84 Å². The van der Waals surface area contributed by atoms with Crippen molar-refractivity contribution in [2.75, 3.05) is 12.8 Å². The van der Waals surface area contributed by atoms with Crippen LogP contribution in [0.5, 0.6) is 0 Å². The van der Waals surface area contributed by atoms with Gasteiger partial charge in [-0.15, -0.1) is 0 Å². The van der Waals surface area contributed by atoms with Crippen LogP contribution in [0.4, 0.5) is 0 Å². The highest BCUT2D eigenvalue weighted by Gasteiger charge is 2.23. The Balaban J connectivity index is 2.21. The molecular weight excluding hydrogens is 238 g/mol. The van der Waals surface area contributed by atoms with Crippen LogP contribution in [0.1, 0.15) is 24.0 Å². The van der Waals surface area contributed by atoms with Gasteiger partial charge in [0.05, 0.1) is 11.5 Å². The third-order valence-corrected chi connectivity index (χ3v) is 4.59. The quantitative estimate of drug-likeness (QED) is 0.829. The first kappa shape index (κ1) is 12.4. The van der Waals surface area contributed by atoms with Gasteiger partial charge in [-0.1, -0.05) is 0 Å². The highest BCUT2D eigenvalue weighted by Crippen LogP contribution is 2.18. The summed E-state index contributed by atoms with van der Waals surface area (Å²) in [4.78, 5) is 8.68. The van der Waals surface area contributed by atoms with Gasteiger partial charge in [0.25, 0.3) is 0 Å². The molecule has 1 aromatic rings. The second-order valence-corrected chi connectivity index (χ2v) is 6.68. The van der Waals surface area contributed by atoms with Crippen LogP contribution in [-0.4, -0.2) is 37.2 Å². The van der Waals surface area contributed by atoms with Crippen molar-refractivity contribution in [2.24, 2.45) is 0 Å². The fourth-order valence-corrected chi connectivity index (χ4v) is 3.22. The Morgan fingerprint density at radius 2 is 2.29 bits per heavy atom. The number of sulfone groups is 1. The fourth-order valence-electron chi connectivity index (χ4n) is 1.86. The zero-order valence-electron chi connectivity index (χ0n) is 10.1. The maximum Gasteiger partial charge on any atom is 0.154 e. The van der Waals surface area contributed by atoms with Crippen molar-refractivity contribution < 1.29 is 8.42 Å². The first-order chi connectivity index (χ1) is 8.00. The molecule has 1 aliphatic heterocycles. The van der Waals surface area contributed by atoms with E-state index in [-0.39, 0.29) is 11.5 Å². The minimum absolute atomic E-state index is 0.0875. The summed E-state index contributed by atoms with van der Waals surface area (Å²) in [5.74, 6) is 1.08. The molecule has 2 rings (SSSR count). The van der Waals surface area contributed by atoms with E-state index in [1.54, 1.807) is 6.20 Å². The Bertz CT molecular complexity index is 513. The topological polar surface area (TPSA) is 72.0 Å². The van der Waals surface area contributed by atoms with Gasteiger partial charge in [0.2, 0.25) is 0 Å². The number of hydrogen-bond acceptors (Lipinski definition) is 5. The first-order valence-electron chi connectivity index (χ1n) is 5.71. The van der Waals surface area contributed by atoms with Gasteiger partial charge in [-0.3, -0.25) is 0 Å². The summed E-state index contributed by atoms with van der Waals surface area (Å²) in [6.07, 6.45) is 2.94. The molecule has 0 aliphatic carbocycles. The van der Waals surface area contributed by atoms with Gasteiger partial charge in [0.15, 0.2) is 9.84 Å². The minimum Gasteiger partial charge on any atom is -0.317 e. The Morgan fingerprint density at radius 1 is 1.53 bits per heavy atom. The lowest BCUT2D eigenvalue weighted by Gasteiger charge is -2.16. The van der Waals surface area contributed by atoms with Gasteiger partial charge in [-0.25, -0.2) is 18.4 Å². The van der Waals surface area contributed by atoms with Crippen LogP contribution in [0.2, 0.25) is 0 Å². The molecule has 94 valence electrons. The molecule has 1 aliphatic rings. The molecule has 0 fully saturated rings. The fraction of sp³-hybridized carbons (Fsp3) is 0.636. The number of likely N-dealkylation sites (N-methyl/N-ethyl adjacent to an activating group) is 1. The lowest BCUT2D eigenvalue weighted by atomic mass is 10.2. The summed E-state index contributed by atoms with van der Waals surface area (Å²) < 4.78 is 22.9. The van der Waals surface area contributed by atoms with E-state index in [1.165, 1.54) is 0 Å². The lowest BCUT2D eigenvalue weighted by Crippen LogP contribution is -2.26. The molecule has 17 heavy (non-hydrogen) atoms. The highest BCUT2D eigenvalue weighted by atomic mass is 32.2. The van der Waals surface area contributed by atoms with Crippen LogP contribution in [0, 0.1) is 0 Å². The summed E-state index contributed by atoms with van der Waals surface area (Å²) in [5, 5.41) is 3.13. The Morgan fingerprint density at radius 3 is 3.00 bits per heavy atom. The van der Waals surface area contributed by atoms with Crippen LogP contribution >= 0.6 is 0 Å². The van der Waals surface area contributed by atoms with Gasteiger partial charge in [0, 0.05) is 36.3 Å². The number of rotatable bonds is 3. The zero-order valence-corrected chi connectivity index (χ0v) is 10.9. The van der Waals surface area contributed by atoms with Gasteiger partial charge < -0.3 is 5.32 Å². The van der Waals surface area contributed by atoms with Crippen molar-refractivity contribution in [2.45, 2.75) is 31.6 Å². The van der Waals surface area contributed by atoms with Crippen LogP contribution in [-0.2, 0) is 28.4 Å². The molecule has 6 heteroatoms. The number of nitrogens with zero attached hydrogens (tertiary/aromatic N) is 2. The number of aromatic nitrogens is 2. The SMILES string of the molecule is CNC(C)Cc1ncc2c(n1)CCS(=O)(=O)C2. The van der Waals surface area contributed by atoms with E-state index in [4.69, 9.17) is 0 Å². The monoisotopic (exact) mass is 255 g/mol. The number of fused-ring (bicyclic) bond motifs is 1. The standard InChI is InChI=1S/C11H17N3O2S/c1-8(12-2)5-11-13-6-9-7-17(15,16)4-3-10(9)14-11/h6,8,12H,3-5,7H2,1-2H3. The average Bonchev–Trinajstić information content (AvgIpc) is 2.28. The van der Waals surface area contributed by atoms with Crippen molar-refractivity contribution in [3.63, 3.8) is 0 Å². The second-order valence-electron chi connectivity index (χ2n) is 4.49. The largest absolute Gasteiger partial charge is 0.317 e. The van der Waals surface area contributed by atoms with Crippen molar-refractivity contribution in [1.29, 1.82) is 0 Å². The van der Waals surface area contributed by atoms with Crippen LogP contribution in [0.25, 0.3) is 0 Å². The van der Waals surface area contributed by atoms with Gasteiger partial charge in [0.1, 0.15) is 5.82 Å². The summed E-state index contributed by atoms with van der Waals surface area (Å²) in [6.45, 7) is 2.06. The first-order valence-corrected chi connectivity index (χ1v) is 7.53. The maximum absolute atomic E-state index is 11.5. The van der Waals surface area contributed by atoms with E-state index in [2.05, 4.69) is 22.2 Å². The number of nitrogens with one attached hydrogen (secondary N) is 1. The van der Waals surface area contributed by atoms with Crippen molar-refractivity contribution in [1.82, 2.24) is 15.3 Å². The van der Waals surface area contributed by atoms with E-state index >= 15 is 0 Å². The smallest absolute Gasteiger partial charge is 0.154 e. The third-order valence-electron chi connectivity index (χ3n) is 3.01. The Hall–Kier alpha value is -1.01. The second kappa shape index (κ2) is 4.70. The van der Waals surface area contributed by atoms with Gasteiger partial charge in [-0.2, -0.15) is 0 Å². The maximum atomic E-state index is 11.5. The molecule has 0 spiro atoms. The molecule has 1 N–H and O–H groups in total. The molecule has 1 aromatic heterocycles. The van der Waals surface area contributed by atoms with E-state index in [0.717, 1.165) is 23.5 Å². The molecule has 2 heterocycles. The van der Waals surface area contributed by atoms with E-state index < -0.39 is 9.84 Å². The lowest BCUT2D eigenvalue weighted by molar-refractivity contribution is 0.581. The highest BCUT2D eigenvalue weighted by molar-refractivity contribution is 7.90. The molecule has 0 saturated heterocycles. The molecule has 1 atom stereocenters. The summed E-state index contributed by atoms with van der Waals surface area (Å²) in [6, 6.07) is 0.320. The zero-order chi connectivity index (χ0) is 12.5. The average molecular weight is 255 g/mol.